The molecule has 1 fully saturated rings. The Hall–Kier alpha value is -2.57. The smallest absolute Gasteiger partial charge is 0.166 e. The van der Waals surface area contributed by atoms with Gasteiger partial charge in [0.1, 0.15) is 5.82 Å². The quantitative estimate of drug-likeness (QED) is 0.715. The maximum absolute atomic E-state index is 5.73. The number of pyridine rings is 1. The largest absolute Gasteiger partial charge is 0.369 e. The average Bonchev–Trinajstić information content (AvgIpc) is 3.12. The molecule has 0 radical (unpaired) electrons. The number of aromatic nitrogens is 3. The zero-order chi connectivity index (χ0) is 18.7. The third-order valence-electron chi connectivity index (χ3n) is 4.78. The normalized spacial score (nSPS) is 17.1. The second-order valence-electron chi connectivity index (χ2n) is 7.17. The fourth-order valence-electron chi connectivity index (χ4n) is 3.49. The highest BCUT2D eigenvalue weighted by atomic mass is 16.7. The van der Waals surface area contributed by atoms with Crippen molar-refractivity contribution in [2.45, 2.75) is 26.1 Å². The van der Waals surface area contributed by atoms with Gasteiger partial charge < -0.3 is 14.8 Å². The summed E-state index contributed by atoms with van der Waals surface area (Å²) >= 11 is 0. The highest BCUT2D eigenvalue weighted by Crippen LogP contribution is 2.28. The van der Waals surface area contributed by atoms with Crippen LogP contribution >= 0.6 is 0 Å². The molecule has 1 aromatic carbocycles. The minimum absolute atomic E-state index is 0.367. The van der Waals surface area contributed by atoms with Crippen LogP contribution in [0.2, 0.25) is 0 Å². The maximum Gasteiger partial charge on any atom is 0.166 e. The summed E-state index contributed by atoms with van der Waals surface area (Å²) in [5.41, 5.74) is 1.87. The first-order valence-electron chi connectivity index (χ1n) is 9.32. The van der Waals surface area contributed by atoms with Crippen molar-refractivity contribution >= 4 is 16.7 Å². The maximum atomic E-state index is 5.73. The van der Waals surface area contributed by atoms with Gasteiger partial charge in [0.25, 0.3) is 0 Å². The van der Waals surface area contributed by atoms with Crippen LogP contribution in [-0.4, -0.2) is 40.5 Å². The van der Waals surface area contributed by atoms with Gasteiger partial charge in [0.05, 0.1) is 18.7 Å². The molecular formula is C21H24N4O2. The van der Waals surface area contributed by atoms with Crippen LogP contribution in [0, 0.1) is 5.92 Å². The minimum Gasteiger partial charge on any atom is -0.369 e. The second kappa shape index (κ2) is 7.58. The summed E-state index contributed by atoms with van der Waals surface area (Å²) in [7, 11) is 0. The molecule has 3 aromatic rings. The molecule has 0 amide bonds. The molecule has 6 heteroatoms. The Morgan fingerprint density at radius 2 is 1.81 bits per heavy atom. The van der Waals surface area contributed by atoms with Crippen molar-refractivity contribution in [2.24, 2.45) is 5.92 Å². The van der Waals surface area contributed by atoms with E-state index in [1.807, 2.05) is 43.3 Å². The summed E-state index contributed by atoms with van der Waals surface area (Å²) in [6, 6.07) is 11.9. The molecule has 1 aliphatic heterocycles. The molecule has 0 saturated carbocycles. The Morgan fingerprint density at radius 3 is 2.59 bits per heavy atom. The summed E-state index contributed by atoms with van der Waals surface area (Å²) in [5.74, 6) is 1.43. The molecule has 0 spiro atoms. The molecule has 3 heterocycles. The van der Waals surface area contributed by atoms with Crippen molar-refractivity contribution in [3.05, 3.63) is 48.8 Å². The molecule has 140 valence electrons. The first-order valence-corrected chi connectivity index (χ1v) is 9.32. The molecule has 1 N–H and O–H groups in total. The average molecular weight is 364 g/mol. The van der Waals surface area contributed by atoms with Gasteiger partial charge in [-0.3, -0.25) is 4.98 Å². The van der Waals surface area contributed by atoms with Crippen LogP contribution in [0.4, 0.5) is 5.82 Å². The predicted molar refractivity (Wildman–Crippen MR) is 105 cm³/mol. The van der Waals surface area contributed by atoms with E-state index in [2.05, 4.69) is 17.2 Å². The van der Waals surface area contributed by atoms with Crippen molar-refractivity contribution in [3.63, 3.8) is 0 Å². The van der Waals surface area contributed by atoms with E-state index < -0.39 is 5.79 Å². The van der Waals surface area contributed by atoms with E-state index in [9.17, 15) is 0 Å². The van der Waals surface area contributed by atoms with Gasteiger partial charge in [0.2, 0.25) is 0 Å². The first kappa shape index (κ1) is 17.8. The number of nitrogens with zero attached hydrogens (tertiary/aromatic N) is 3. The lowest BCUT2D eigenvalue weighted by molar-refractivity contribution is -0.153. The third-order valence-corrected chi connectivity index (χ3v) is 4.78. The number of fused-ring (bicyclic) bond motifs is 1. The molecule has 4 rings (SSSR count). The van der Waals surface area contributed by atoms with E-state index in [4.69, 9.17) is 19.4 Å². The van der Waals surface area contributed by atoms with Crippen molar-refractivity contribution in [1.29, 1.82) is 0 Å². The molecule has 1 saturated heterocycles. The van der Waals surface area contributed by atoms with Gasteiger partial charge in [-0.15, -0.1) is 0 Å². The topological polar surface area (TPSA) is 69.2 Å². The fourth-order valence-corrected chi connectivity index (χ4v) is 3.49. The van der Waals surface area contributed by atoms with Gasteiger partial charge >= 0.3 is 0 Å². The van der Waals surface area contributed by atoms with Crippen LogP contribution in [-0.2, 0) is 9.47 Å². The fraction of sp³-hybridized carbons (Fsp3) is 0.381. The van der Waals surface area contributed by atoms with Gasteiger partial charge in [-0.2, -0.15) is 0 Å². The Bertz CT molecular complexity index is 910. The zero-order valence-corrected chi connectivity index (χ0v) is 15.7. The number of benzene rings is 1. The molecule has 0 aliphatic carbocycles. The van der Waals surface area contributed by atoms with Crippen LogP contribution in [0.15, 0.2) is 48.8 Å². The molecular weight excluding hydrogens is 340 g/mol. The van der Waals surface area contributed by atoms with Gasteiger partial charge in [-0.05, 0) is 37.1 Å². The van der Waals surface area contributed by atoms with Crippen LogP contribution in [0.1, 0.15) is 20.3 Å². The van der Waals surface area contributed by atoms with E-state index in [-0.39, 0.29) is 0 Å². The second-order valence-corrected chi connectivity index (χ2v) is 7.17. The van der Waals surface area contributed by atoms with E-state index in [0.29, 0.717) is 25.0 Å². The summed E-state index contributed by atoms with van der Waals surface area (Å²) < 4.78 is 11.5. The monoisotopic (exact) mass is 364 g/mol. The van der Waals surface area contributed by atoms with Gasteiger partial charge in [0.15, 0.2) is 11.6 Å². The Morgan fingerprint density at radius 1 is 1.07 bits per heavy atom. The third kappa shape index (κ3) is 4.07. The number of rotatable bonds is 6. The zero-order valence-electron chi connectivity index (χ0n) is 15.7. The molecule has 6 nitrogen and oxygen atoms in total. The van der Waals surface area contributed by atoms with Crippen molar-refractivity contribution < 1.29 is 9.47 Å². The van der Waals surface area contributed by atoms with E-state index in [1.54, 1.807) is 12.4 Å². The molecule has 1 aliphatic rings. The van der Waals surface area contributed by atoms with Crippen molar-refractivity contribution in [2.75, 3.05) is 25.1 Å². The Kier molecular flexibility index (Phi) is 5.01. The SMILES string of the molecule is C[C@H](CNc1nc(-c2ccncc2)nc2ccccc12)CC1(C)OCCO1. The molecule has 2 aromatic heterocycles. The predicted octanol–water partition coefficient (Wildman–Crippen LogP) is 3.89. The Balaban J connectivity index is 1.57. The first-order chi connectivity index (χ1) is 13.1. The number of ether oxygens (including phenoxy) is 2. The highest BCUT2D eigenvalue weighted by Gasteiger charge is 2.32. The molecule has 1 atom stereocenters. The number of anilines is 1. The summed E-state index contributed by atoms with van der Waals surface area (Å²) in [4.78, 5) is 13.6. The molecule has 27 heavy (non-hydrogen) atoms. The lowest BCUT2D eigenvalue weighted by atomic mass is 10.0. The van der Waals surface area contributed by atoms with Crippen molar-refractivity contribution in [1.82, 2.24) is 15.0 Å². The van der Waals surface area contributed by atoms with E-state index >= 15 is 0 Å². The number of hydrogen-bond acceptors (Lipinski definition) is 6. The summed E-state index contributed by atoms with van der Waals surface area (Å²) in [5, 5.41) is 4.53. The van der Waals surface area contributed by atoms with E-state index in [1.165, 1.54) is 0 Å². The Labute approximate surface area is 159 Å². The highest BCUT2D eigenvalue weighted by molar-refractivity contribution is 5.90. The van der Waals surface area contributed by atoms with Crippen LogP contribution in [0.3, 0.4) is 0 Å². The van der Waals surface area contributed by atoms with Crippen LogP contribution < -0.4 is 5.32 Å². The van der Waals surface area contributed by atoms with Gasteiger partial charge in [0, 0.05) is 36.3 Å². The summed E-state index contributed by atoms with van der Waals surface area (Å²) in [6.45, 7) is 6.32. The standard InChI is InChI=1S/C21H24N4O2/c1-15(13-21(2)26-11-12-27-21)14-23-20-17-5-3-4-6-18(17)24-19(25-20)16-7-9-22-10-8-16/h3-10,15H,11-14H2,1-2H3,(H,23,24,25)/t15-/m0/s1. The molecule has 0 unspecified atom stereocenters. The summed E-state index contributed by atoms with van der Waals surface area (Å²) in [6.07, 6.45) is 4.34. The lowest BCUT2D eigenvalue weighted by Crippen LogP contribution is -2.30. The van der Waals surface area contributed by atoms with Crippen LogP contribution in [0.25, 0.3) is 22.3 Å². The van der Waals surface area contributed by atoms with Gasteiger partial charge in [-0.1, -0.05) is 19.1 Å². The minimum atomic E-state index is -0.475. The van der Waals surface area contributed by atoms with Crippen LogP contribution in [0.5, 0.6) is 0 Å². The molecule has 0 bridgehead atoms. The number of para-hydroxylation sites is 1. The van der Waals surface area contributed by atoms with E-state index in [0.717, 1.165) is 35.2 Å². The number of hydrogen-bond donors (Lipinski definition) is 1. The lowest BCUT2D eigenvalue weighted by Gasteiger charge is -2.26. The number of nitrogens with one attached hydrogen (secondary N) is 1. The van der Waals surface area contributed by atoms with Gasteiger partial charge in [-0.25, -0.2) is 9.97 Å². The van der Waals surface area contributed by atoms with Crippen molar-refractivity contribution in [3.8, 4) is 11.4 Å².